The molecule has 0 aromatic carbocycles. The number of nitrogens with one attached hydrogen (secondary N) is 2. The monoisotopic (exact) mass is 351 g/mol. The van der Waals surface area contributed by atoms with E-state index in [9.17, 15) is 4.79 Å². The van der Waals surface area contributed by atoms with Crippen LogP contribution in [0.25, 0.3) is 11.2 Å². The fourth-order valence-electron chi connectivity index (χ4n) is 3.35. The van der Waals surface area contributed by atoms with Gasteiger partial charge in [-0.05, 0) is 19.3 Å². The quantitative estimate of drug-likeness (QED) is 0.886. The van der Waals surface area contributed by atoms with E-state index in [1.54, 1.807) is 24.2 Å². The number of ether oxygens (including phenoxy) is 1. The number of imidazole rings is 1. The summed E-state index contributed by atoms with van der Waals surface area (Å²) >= 11 is 6.31. The van der Waals surface area contributed by atoms with Crippen LogP contribution in [0, 0.1) is 5.92 Å². The maximum Gasteiger partial charge on any atom is 0.416 e. The highest BCUT2D eigenvalue weighted by Crippen LogP contribution is 2.28. The van der Waals surface area contributed by atoms with Crippen LogP contribution in [0.1, 0.15) is 45.4 Å². The van der Waals surface area contributed by atoms with Crippen molar-refractivity contribution in [2.75, 3.05) is 18.1 Å². The first kappa shape index (κ1) is 17.0. The van der Waals surface area contributed by atoms with Gasteiger partial charge in [0.15, 0.2) is 11.8 Å². The number of carbonyl (C=O) groups excluding carboxylic acids is 1. The lowest BCUT2D eigenvalue weighted by Crippen LogP contribution is -2.34. The minimum absolute atomic E-state index is 0.338. The van der Waals surface area contributed by atoms with E-state index in [0.717, 1.165) is 11.9 Å². The number of halogens is 1. The van der Waals surface area contributed by atoms with E-state index in [1.807, 2.05) is 0 Å². The Morgan fingerprint density at radius 1 is 1.46 bits per heavy atom. The molecule has 6 nitrogen and oxygen atoms in total. The molecule has 0 bridgehead atoms. The Balaban J connectivity index is 1.80. The second kappa shape index (κ2) is 7.83. The number of aromatic amines is 2. The summed E-state index contributed by atoms with van der Waals surface area (Å²) in [5.74, 6) is 1.20. The zero-order chi connectivity index (χ0) is 16.9. The summed E-state index contributed by atoms with van der Waals surface area (Å²) in [5.41, 5.74) is 1.36. The number of aromatic nitrogens is 3. The molecule has 7 heteroatoms. The number of hydrogen-bond donors (Lipinski definition) is 1. The lowest BCUT2D eigenvalue weighted by molar-refractivity contribution is -0.347. The second-order valence-electron chi connectivity index (χ2n) is 6.26. The highest BCUT2D eigenvalue weighted by molar-refractivity contribution is 6.34. The van der Waals surface area contributed by atoms with Crippen molar-refractivity contribution in [2.45, 2.75) is 45.4 Å². The van der Waals surface area contributed by atoms with Crippen molar-refractivity contribution in [3.05, 3.63) is 17.4 Å². The smallest absolute Gasteiger partial charge is 0.416 e. The highest BCUT2D eigenvalue weighted by Gasteiger charge is 2.25. The first-order valence-electron chi connectivity index (χ1n) is 8.68. The number of rotatable bonds is 5. The minimum atomic E-state index is -0.369. The first-order chi connectivity index (χ1) is 11.7. The summed E-state index contributed by atoms with van der Waals surface area (Å²) in [6, 6.07) is 1.71. The molecular weight excluding hydrogens is 328 g/mol. The van der Waals surface area contributed by atoms with Gasteiger partial charge in [0.25, 0.3) is 0 Å². The molecule has 0 saturated heterocycles. The molecule has 1 aliphatic carbocycles. The van der Waals surface area contributed by atoms with E-state index in [1.165, 1.54) is 32.1 Å². The van der Waals surface area contributed by atoms with Crippen LogP contribution < -0.4 is 9.88 Å². The van der Waals surface area contributed by atoms with Gasteiger partial charge in [-0.25, -0.2) is 14.7 Å². The second-order valence-corrected chi connectivity index (χ2v) is 6.67. The van der Waals surface area contributed by atoms with Gasteiger partial charge in [0.1, 0.15) is 0 Å². The molecule has 1 saturated carbocycles. The van der Waals surface area contributed by atoms with E-state index in [0.29, 0.717) is 35.6 Å². The third kappa shape index (κ3) is 3.80. The van der Waals surface area contributed by atoms with E-state index >= 15 is 0 Å². The summed E-state index contributed by atoms with van der Waals surface area (Å²) in [5, 5.41) is 0.531. The van der Waals surface area contributed by atoms with Gasteiger partial charge in [-0.1, -0.05) is 48.7 Å². The van der Waals surface area contributed by atoms with Gasteiger partial charge in [-0.2, -0.15) is 0 Å². The minimum Gasteiger partial charge on any atom is -0.449 e. The fourth-order valence-corrected chi connectivity index (χ4v) is 3.59. The predicted molar refractivity (Wildman–Crippen MR) is 93.2 cm³/mol. The summed E-state index contributed by atoms with van der Waals surface area (Å²) in [6.07, 6.45) is 8.67. The molecule has 0 radical (unpaired) electrons. The molecule has 0 unspecified atom stereocenters. The van der Waals surface area contributed by atoms with Crippen molar-refractivity contribution >= 4 is 34.7 Å². The van der Waals surface area contributed by atoms with Crippen LogP contribution in [0.4, 0.5) is 10.6 Å². The Morgan fingerprint density at radius 3 is 3.00 bits per heavy atom. The number of anilines is 1. The Morgan fingerprint density at radius 2 is 2.25 bits per heavy atom. The standard InChI is InChI=1S/C17H23ClN4O2/c1-2-24-17(23)22(9-8-12-6-4-3-5-7-12)14-10-13(18)15-16(21-14)20-11-19-15/h10-12H,2-9H2,1H3,(H,19,20,21)/p+1. The van der Waals surface area contributed by atoms with Gasteiger partial charge in [0.05, 0.1) is 11.6 Å². The number of nitrogens with zero attached hydrogens (tertiary/aromatic N) is 2. The van der Waals surface area contributed by atoms with Crippen LogP contribution in [0.15, 0.2) is 12.4 Å². The molecule has 24 heavy (non-hydrogen) atoms. The molecule has 2 aromatic rings. The van der Waals surface area contributed by atoms with Crippen molar-refractivity contribution in [3.8, 4) is 0 Å². The molecule has 1 fully saturated rings. The number of fused-ring (bicyclic) bond motifs is 1. The van der Waals surface area contributed by atoms with Crippen molar-refractivity contribution < 1.29 is 14.5 Å². The van der Waals surface area contributed by atoms with Gasteiger partial charge < -0.3 is 4.74 Å². The maximum atomic E-state index is 12.4. The van der Waals surface area contributed by atoms with Gasteiger partial charge in [0, 0.05) is 12.6 Å². The van der Waals surface area contributed by atoms with E-state index in [4.69, 9.17) is 16.3 Å². The van der Waals surface area contributed by atoms with Gasteiger partial charge in [-0.3, -0.25) is 4.98 Å². The van der Waals surface area contributed by atoms with Gasteiger partial charge in [-0.15, -0.1) is 0 Å². The summed E-state index contributed by atoms with van der Waals surface area (Å²) in [7, 11) is 0. The third-order valence-electron chi connectivity index (χ3n) is 4.63. The number of carbonyl (C=O) groups is 1. The first-order valence-corrected chi connectivity index (χ1v) is 9.06. The fraction of sp³-hybridized carbons (Fsp3) is 0.588. The summed E-state index contributed by atoms with van der Waals surface area (Å²) in [4.78, 5) is 24.5. The Kier molecular flexibility index (Phi) is 5.56. The Hall–Kier alpha value is -1.82. The molecule has 130 valence electrons. The van der Waals surface area contributed by atoms with Gasteiger partial charge >= 0.3 is 11.7 Å². The normalized spacial score (nSPS) is 15.6. The SMILES string of the molecule is CCOC(=O)N(CCC1CCCCC1)c1cc(Cl)c2[nH]c[nH+]c2n1. The van der Waals surface area contributed by atoms with Gasteiger partial charge in [0.2, 0.25) is 5.82 Å². The number of H-pyrrole nitrogens is 2. The molecule has 0 spiro atoms. The van der Waals surface area contributed by atoms with Crippen molar-refractivity contribution in [1.82, 2.24) is 9.97 Å². The Bertz CT molecular complexity index is 697. The zero-order valence-corrected chi connectivity index (χ0v) is 14.7. The highest BCUT2D eigenvalue weighted by atomic mass is 35.5. The van der Waals surface area contributed by atoms with Crippen molar-refractivity contribution in [1.29, 1.82) is 0 Å². The van der Waals surface area contributed by atoms with Crippen molar-refractivity contribution in [2.24, 2.45) is 5.92 Å². The van der Waals surface area contributed by atoms with Crippen LogP contribution in [0.5, 0.6) is 0 Å². The number of pyridine rings is 1. The Labute approximate surface area is 146 Å². The maximum absolute atomic E-state index is 12.4. The average molecular weight is 352 g/mol. The zero-order valence-electron chi connectivity index (χ0n) is 14.0. The van der Waals surface area contributed by atoms with Crippen LogP contribution in [-0.2, 0) is 4.74 Å². The molecule has 0 atom stereocenters. The predicted octanol–water partition coefficient (Wildman–Crippen LogP) is 3.96. The van der Waals surface area contributed by atoms with Crippen molar-refractivity contribution in [3.63, 3.8) is 0 Å². The number of amides is 1. The molecule has 2 aromatic heterocycles. The van der Waals surface area contributed by atoms with Crippen LogP contribution in [0.2, 0.25) is 5.02 Å². The molecule has 0 aliphatic heterocycles. The molecular formula is C17H24ClN4O2+. The van der Waals surface area contributed by atoms with E-state index < -0.39 is 0 Å². The third-order valence-corrected chi connectivity index (χ3v) is 4.93. The molecule has 1 amide bonds. The summed E-state index contributed by atoms with van der Waals surface area (Å²) in [6.45, 7) is 2.74. The molecule has 1 aliphatic rings. The van der Waals surface area contributed by atoms with Crippen LogP contribution >= 0.6 is 11.6 Å². The molecule has 2 heterocycles. The summed E-state index contributed by atoms with van der Waals surface area (Å²) < 4.78 is 5.22. The average Bonchev–Trinajstić information content (AvgIpc) is 3.05. The lowest BCUT2D eigenvalue weighted by atomic mass is 9.87. The molecule has 2 N–H and O–H groups in total. The van der Waals surface area contributed by atoms with E-state index in [2.05, 4.69) is 15.0 Å². The molecule has 3 rings (SSSR count). The van der Waals surface area contributed by atoms with E-state index in [-0.39, 0.29) is 6.09 Å². The van der Waals surface area contributed by atoms with Crippen LogP contribution in [0.3, 0.4) is 0 Å². The van der Waals surface area contributed by atoms with Crippen LogP contribution in [-0.4, -0.2) is 29.2 Å². The topological polar surface area (TPSA) is 72.4 Å². The number of hydrogen-bond acceptors (Lipinski definition) is 3. The lowest BCUT2D eigenvalue weighted by Gasteiger charge is -2.25. The largest absolute Gasteiger partial charge is 0.449 e.